The fraction of sp³-hybridized carbons (Fsp3) is 0.214. The minimum Gasteiger partial charge on any atom is -0.861 e. The third-order valence-electron chi connectivity index (χ3n) is 9.23. The molecule has 0 aliphatic carbocycles. The van der Waals surface area contributed by atoms with Crippen LogP contribution in [0.1, 0.15) is 46.7 Å². The predicted molar refractivity (Wildman–Crippen MR) is 202 cm³/mol. The van der Waals surface area contributed by atoms with Crippen LogP contribution in [0.5, 0.6) is 5.75 Å². The average molecular weight is 788 g/mol. The number of carboxylic acid groups (broad SMARTS) is 1. The van der Waals surface area contributed by atoms with Crippen LogP contribution in [-0.4, -0.2) is 56.6 Å². The van der Waals surface area contributed by atoms with Crippen LogP contribution in [0.4, 0.5) is 5.69 Å². The average Bonchev–Trinajstić information content (AvgIpc) is 3.64. The third-order valence-corrected chi connectivity index (χ3v) is 10.7. The zero-order chi connectivity index (χ0) is 37.4. The number of aryl methyl sites for hydroxylation is 1. The molecule has 1 aliphatic rings. The standard InChI is InChI=1S/C42H42N4O6S.Ni/c1-29-19-25-34(26-20-29)53(50,51)45-39(32-21-23-33(52-2)24-22-32)40(42(48)49)44-38(31-14-7-4-8-15-31)35-16-9-10-17-36(35)43-41(47)37-18-11-27-46(37)28-30-12-5-3-6-13-30;/h3-10,12-17,19-26,37,39-40,45H,11,18,27-28H2,1-2H3,(H,43,47)(H,48,49);/q;+2/p-2/t37-,39+,40-;/m1./s1. The van der Waals surface area contributed by atoms with Crippen molar-refractivity contribution in [1.29, 1.82) is 0 Å². The van der Waals surface area contributed by atoms with Crippen LogP contribution in [0.3, 0.4) is 0 Å². The van der Waals surface area contributed by atoms with Gasteiger partial charge in [-0.05, 0) is 73.7 Å². The van der Waals surface area contributed by atoms with Crippen molar-refractivity contribution in [2.45, 2.75) is 49.3 Å². The first-order chi connectivity index (χ1) is 25.6. The number of nitrogens with one attached hydrogen (secondary N) is 1. The van der Waals surface area contributed by atoms with E-state index in [-0.39, 0.29) is 33.0 Å². The van der Waals surface area contributed by atoms with Crippen molar-refractivity contribution in [1.82, 2.24) is 9.62 Å². The van der Waals surface area contributed by atoms with E-state index >= 15 is 0 Å². The molecule has 6 rings (SSSR count). The Labute approximate surface area is 326 Å². The molecular weight excluding hydrogens is 747 g/mol. The van der Waals surface area contributed by atoms with Crippen molar-refractivity contribution in [3.05, 3.63) is 161 Å². The Morgan fingerprint density at radius 3 is 2.15 bits per heavy atom. The molecule has 5 aromatic rings. The molecule has 0 aromatic heterocycles. The van der Waals surface area contributed by atoms with Crippen LogP contribution < -0.4 is 19.7 Å². The number of carboxylic acids is 1. The number of sulfonamides is 1. The Kier molecular flexibility index (Phi) is 13.6. The minimum atomic E-state index is -4.25. The van der Waals surface area contributed by atoms with Crippen molar-refractivity contribution < 1.29 is 44.7 Å². The SMILES string of the molecule is COc1ccc([C@H](NS(=O)(=O)c2ccc(C)cc2)[C@@H](N=C(c2ccccc2)c2ccccc2N=C([O-])[C@H]2CCCN2Cc2ccccc2)C(=O)[O-])cc1.[Ni+2]. The number of carbonyl (C=O) groups is 1. The molecule has 5 aromatic carbocycles. The van der Waals surface area contributed by atoms with E-state index < -0.39 is 34.1 Å². The number of aliphatic imine (C=N–C) groups is 2. The van der Waals surface area contributed by atoms with E-state index in [1.54, 1.807) is 84.9 Å². The fourth-order valence-corrected chi connectivity index (χ4v) is 7.68. The van der Waals surface area contributed by atoms with Crippen molar-refractivity contribution in [2.75, 3.05) is 13.7 Å². The van der Waals surface area contributed by atoms with Gasteiger partial charge in [-0.1, -0.05) is 109 Å². The van der Waals surface area contributed by atoms with Crippen LogP contribution in [0.15, 0.2) is 148 Å². The molecule has 0 unspecified atom stereocenters. The molecule has 0 bridgehead atoms. The first-order valence-electron chi connectivity index (χ1n) is 17.3. The van der Waals surface area contributed by atoms with E-state index in [0.29, 0.717) is 41.1 Å². The van der Waals surface area contributed by atoms with E-state index in [0.717, 1.165) is 24.1 Å². The van der Waals surface area contributed by atoms with E-state index in [2.05, 4.69) is 14.6 Å². The Morgan fingerprint density at radius 1 is 0.870 bits per heavy atom. The number of nitrogens with zero attached hydrogens (tertiary/aromatic N) is 3. The molecule has 3 atom stereocenters. The van der Waals surface area contributed by atoms with Crippen LogP contribution in [0.2, 0.25) is 0 Å². The topological polar surface area (TPSA) is 147 Å². The van der Waals surface area contributed by atoms with Gasteiger partial charge >= 0.3 is 16.5 Å². The number of ether oxygens (including phenoxy) is 1. The quantitative estimate of drug-likeness (QED) is 0.0973. The molecule has 54 heavy (non-hydrogen) atoms. The molecule has 280 valence electrons. The van der Waals surface area contributed by atoms with Crippen molar-refractivity contribution >= 4 is 33.3 Å². The second-order valence-corrected chi connectivity index (χ2v) is 14.6. The van der Waals surface area contributed by atoms with Gasteiger partial charge in [0.1, 0.15) is 11.8 Å². The summed E-state index contributed by atoms with van der Waals surface area (Å²) in [6.45, 7) is 3.21. The van der Waals surface area contributed by atoms with Gasteiger partial charge in [-0.25, -0.2) is 13.1 Å². The van der Waals surface area contributed by atoms with Crippen LogP contribution in [0, 0.1) is 6.92 Å². The van der Waals surface area contributed by atoms with Crippen LogP contribution in [-0.2, 0) is 37.9 Å². The van der Waals surface area contributed by atoms with Gasteiger partial charge in [0.15, 0.2) is 0 Å². The van der Waals surface area contributed by atoms with Crippen LogP contribution in [0.25, 0.3) is 0 Å². The second kappa shape index (κ2) is 18.3. The molecular formula is C42H40N4NiO6S. The molecule has 0 saturated carbocycles. The molecule has 1 fully saturated rings. The molecule has 1 heterocycles. The van der Waals surface area contributed by atoms with E-state index in [1.807, 2.05) is 43.3 Å². The summed E-state index contributed by atoms with van der Waals surface area (Å²) in [7, 11) is -2.76. The summed E-state index contributed by atoms with van der Waals surface area (Å²) in [6.07, 6.45) is 1.52. The monoisotopic (exact) mass is 786 g/mol. The fourth-order valence-electron chi connectivity index (χ4n) is 6.45. The van der Waals surface area contributed by atoms with Gasteiger partial charge in [-0.2, -0.15) is 0 Å². The molecule has 1 aliphatic heterocycles. The number of hydrogen-bond donors (Lipinski definition) is 1. The van der Waals surface area contributed by atoms with Gasteiger partial charge in [-0.15, -0.1) is 0 Å². The first-order valence-corrected chi connectivity index (χ1v) is 18.8. The van der Waals surface area contributed by atoms with Crippen molar-refractivity contribution in [2.24, 2.45) is 9.98 Å². The number of aliphatic carboxylic acids is 1. The normalized spacial score (nSPS) is 16.3. The number of hydrogen-bond acceptors (Lipinski definition) is 9. The Morgan fingerprint density at radius 2 is 1.50 bits per heavy atom. The molecule has 0 spiro atoms. The van der Waals surface area contributed by atoms with Gasteiger partial charge in [0, 0.05) is 23.7 Å². The minimum absolute atomic E-state index is 0. The van der Waals surface area contributed by atoms with Crippen molar-refractivity contribution in [3.63, 3.8) is 0 Å². The maximum Gasteiger partial charge on any atom is 2.00 e. The van der Waals surface area contributed by atoms with E-state index in [4.69, 9.17) is 9.73 Å². The number of rotatable bonds is 14. The van der Waals surface area contributed by atoms with Gasteiger partial charge in [-0.3, -0.25) is 14.9 Å². The second-order valence-electron chi connectivity index (χ2n) is 12.9. The summed E-state index contributed by atoms with van der Waals surface area (Å²) in [5.74, 6) is -1.42. The Bertz CT molecular complexity index is 2180. The Hall–Kier alpha value is -5.13. The molecule has 10 nitrogen and oxygen atoms in total. The largest absolute Gasteiger partial charge is 2.00 e. The maximum atomic E-state index is 13.9. The van der Waals surface area contributed by atoms with Crippen molar-refractivity contribution in [3.8, 4) is 5.75 Å². The number of para-hydroxylation sites is 1. The zero-order valence-electron chi connectivity index (χ0n) is 29.8. The smallest absolute Gasteiger partial charge is 0.861 e. The number of benzene rings is 5. The van der Waals surface area contributed by atoms with Gasteiger partial charge < -0.3 is 19.7 Å². The molecule has 0 radical (unpaired) electrons. The molecule has 0 amide bonds. The molecule has 1 N–H and O–H groups in total. The van der Waals surface area contributed by atoms with E-state index in [1.165, 1.54) is 19.2 Å². The maximum absolute atomic E-state index is 13.9. The van der Waals surface area contributed by atoms with Crippen LogP contribution >= 0.6 is 0 Å². The summed E-state index contributed by atoms with van der Waals surface area (Å²) in [5.41, 5.74) is 3.73. The molecule has 1 saturated heterocycles. The number of likely N-dealkylation sites (tertiary alicyclic amines) is 1. The first kappa shape index (κ1) is 40.1. The molecule has 12 heteroatoms. The number of carbonyl (C=O) groups excluding carboxylic acids is 1. The van der Waals surface area contributed by atoms with Gasteiger partial charge in [0.25, 0.3) is 0 Å². The summed E-state index contributed by atoms with van der Waals surface area (Å²) in [6, 6.07) is 34.8. The third kappa shape index (κ3) is 9.69. The Balaban J connectivity index is 0.00000561. The van der Waals surface area contributed by atoms with Gasteiger partial charge in [0.05, 0.1) is 35.4 Å². The van der Waals surface area contributed by atoms with Gasteiger partial charge in [0.2, 0.25) is 10.0 Å². The summed E-state index contributed by atoms with van der Waals surface area (Å²) < 4.78 is 35.5. The predicted octanol–water partition coefficient (Wildman–Crippen LogP) is 4.73. The summed E-state index contributed by atoms with van der Waals surface area (Å²) >= 11 is 0. The number of methoxy groups -OCH3 is 1. The summed E-state index contributed by atoms with van der Waals surface area (Å²) in [4.78, 5) is 24.6. The zero-order valence-corrected chi connectivity index (χ0v) is 31.6. The van der Waals surface area contributed by atoms with E-state index in [9.17, 15) is 23.4 Å². The summed E-state index contributed by atoms with van der Waals surface area (Å²) in [5, 5.41) is 27.0.